The fraction of sp³-hybridized carbons (Fsp3) is 0.129. The van der Waals surface area contributed by atoms with Gasteiger partial charge in [-0.15, -0.1) is 11.8 Å². The number of ether oxygens (including phenoxy) is 1. The molecule has 0 aliphatic heterocycles. The van der Waals surface area contributed by atoms with Crippen LogP contribution in [0.15, 0.2) is 101 Å². The SMILES string of the molecule is CCOc1cc2occ(-c3cccc4ccccc34)c2cc1/C(C)=C/C(=O)Nc1ccc(SC)cc1. The first-order chi connectivity index (χ1) is 17.6. The number of carbonyl (C=O) groups is 1. The number of anilines is 1. The lowest BCUT2D eigenvalue weighted by molar-refractivity contribution is -0.111. The van der Waals surface area contributed by atoms with Crippen molar-refractivity contribution in [3.05, 3.63) is 96.8 Å². The molecule has 4 aromatic carbocycles. The summed E-state index contributed by atoms with van der Waals surface area (Å²) in [5.74, 6) is 0.503. The molecule has 0 saturated carbocycles. The summed E-state index contributed by atoms with van der Waals surface area (Å²) >= 11 is 1.67. The molecule has 0 bridgehead atoms. The highest BCUT2D eigenvalue weighted by molar-refractivity contribution is 7.98. The van der Waals surface area contributed by atoms with Crippen LogP contribution in [0, 0.1) is 0 Å². The Labute approximate surface area is 215 Å². The van der Waals surface area contributed by atoms with E-state index in [1.54, 1.807) is 24.1 Å². The van der Waals surface area contributed by atoms with Gasteiger partial charge in [0.25, 0.3) is 0 Å². The second-order valence-corrected chi connectivity index (χ2v) is 9.38. The number of hydrogen-bond acceptors (Lipinski definition) is 4. The Kier molecular flexibility index (Phi) is 6.83. The summed E-state index contributed by atoms with van der Waals surface area (Å²) in [6.45, 7) is 4.38. The van der Waals surface area contributed by atoms with Crippen LogP contribution < -0.4 is 10.1 Å². The first kappa shape index (κ1) is 23.8. The molecule has 1 amide bonds. The van der Waals surface area contributed by atoms with Gasteiger partial charge in [0.2, 0.25) is 5.91 Å². The summed E-state index contributed by atoms with van der Waals surface area (Å²) < 4.78 is 11.9. The van der Waals surface area contributed by atoms with Gasteiger partial charge >= 0.3 is 0 Å². The number of amides is 1. The minimum atomic E-state index is -0.187. The summed E-state index contributed by atoms with van der Waals surface area (Å²) in [4.78, 5) is 14.0. The van der Waals surface area contributed by atoms with Crippen molar-refractivity contribution in [2.24, 2.45) is 0 Å². The van der Waals surface area contributed by atoms with Crippen molar-refractivity contribution in [3.8, 4) is 16.9 Å². The number of benzene rings is 4. The van der Waals surface area contributed by atoms with E-state index in [0.29, 0.717) is 12.4 Å². The number of rotatable bonds is 7. The molecular formula is C31H27NO3S. The van der Waals surface area contributed by atoms with Crippen LogP contribution in [-0.4, -0.2) is 18.8 Å². The Bertz CT molecular complexity index is 1580. The maximum absolute atomic E-state index is 12.8. The Balaban J connectivity index is 1.54. The van der Waals surface area contributed by atoms with Crippen LogP contribution in [0.25, 0.3) is 38.4 Å². The van der Waals surface area contributed by atoms with E-state index in [1.807, 2.05) is 62.6 Å². The molecule has 36 heavy (non-hydrogen) atoms. The lowest BCUT2D eigenvalue weighted by atomic mass is 9.96. The normalized spacial score (nSPS) is 11.7. The van der Waals surface area contributed by atoms with Gasteiger partial charge in [-0.25, -0.2) is 0 Å². The number of thioether (sulfide) groups is 1. The molecule has 1 heterocycles. The van der Waals surface area contributed by atoms with Gasteiger partial charge in [0.05, 0.1) is 12.9 Å². The number of furan rings is 1. The number of allylic oxidation sites excluding steroid dienone is 1. The monoisotopic (exact) mass is 493 g/mol. The molecule has 180 valence electrons. The quantitative estimate of drug-likeness (QED) is 0.183. The molecule has 0 radical (unpaired) electrons. The lowest BCUT2D eigenvalue weighted by Crippen LogP contribution is -2.08. The maximum Gasteiger partial charge on any atom is 0.248 e. The summed E-state index contributed by atoms with van der Waals surface area (Å²) in [5, 5.41) is 6.27. The molecule has 5 rings (SSSR count). The predicted molar refractivity (Wildman–Crippen MR) is 151 cm³/mol. The Morgan fingerprint density at radius 3 is 2.53 bits per heavy atom. The first-order valence-corrected chi connectivity index (χ1v) is 13.1. The van der Waals surface area contributed by atoms with Gasteiger partial charge in [-0.2, -0.15) is 0 Å². The van der Waals surface area contributed by atoms with Crippen LogP contribution in [0.3, 0.4) is 0 Å². The van der Waals surface area contributed by atoms with Gasteiger partial charge in [0.1, 0.15) is 11.3 Å². The second kappa shape index (κ2) is 10.3. The molecule has 0 fully saturated rings. The van der Waals surface area contributed by atoms with E-state index in [4.69, 9.17) is 9.15 Å². The summed E-state index contributed by atoms with van der Waals surface area (Å²) in [5.41, 5.74) is 5.29. The molecule has 0 spiro atoms. The van der Waals surface area contributed by atoms with Gasteiger partial charge in [-0.05, 0) is 72.3 Å². The fourth-order valence-corrected chi connectivity index (χ4v) is 4.84. The molecule has 0 unspecified atom stereocenters. The zero-order valence-electron chi connectivity index (χ0n) is 20.5. The van der Waals surface area contributed by atoms with E-state index in [2.05, 4.69) is 41.7 Å². The minimum Gasteiger partial charge on any atom is -0.493 e. The molecule has 0 atom stereocenters. The van der Waals surface area contributed by atoms with Crippen LogP contribution in [0.5, 0.6) is 5.75 Å². The summed E-state index contributed by atoms with van der Waals surface area (Å²) in [7, 11) is 0. The van der Waals surface area contributed by atoms with Gasteiger partial charge in [0, 0.05) is 39.2 Å². The van der Waals surface area contributed by atoms with E-state index in [1.165, 1.54) is 5.39 Å². The van der Waals surface area contributed by atoms with Crippen molar-refractivity contribution < 1.29 is 13.9 Å². The first-order valence-electron chi connectivity index (χ1n) is 11.9. The standard InChI is InChI=1S/C31H27NO3S/c1-4-34-29-18-30-27(28(19-35-30)25-11-7-9-21-8-5-6-10-24(21)25)17-26(29)20(2)16-31(33)32-22-12-14-23(36-3)15-13-22/h5-19H,4H2,1-3H3,(H,32,33)/b20-16+. The second-order valence-electron chi connectivity index (χ2n) is 8.50. The minimum absolute atomic E-state index is 0.187. The van der Waals surface area contributed by atoms with Crippen molar-refractivity contribution in [2.75, 3.05) is 18.2 Å². The van der Waals surface area contributed by atoms with Crippen LogP contribution in [0.2, 0.25) is 0 Å². The van der Waals surface area contributed by atoms with Gasteiger partial charge in [0.15, 0.2) is 0 Å². The van der Waals surface area contributed by atoms with Crippen LogP contribution in [-0.2, 0) is 4.79 Å². The predicted octanol–water partition coefficient (Wildman–Crippen LogP) is 8.42. The summed E-state index contributed by atoms with van der Waals surface area (Å²) in [6.07, 6.45) is 5.44. The van der Waals surface area contributed by atoms with E-state index in [9.17, 15) is 4.79 Å². The average Bonchev–Trinajstić information content (AvgIpc) is 3.31. The molecule has 0 saturated heterocycles. The van der Waals surface area contributed by atoms with Crippen LogP contribution in [0.1, 0.15) is 19.4 Å². The average molecular weight is 494 g/mol. The smallest absolute Gasteiger partial charge is 0.248 e. The maximum atomic E-state index is 12.8. The van der Waals surface area contributed by atoms with E-state index >= 15 is 0 Å². The third kappa shape index (κ3) is 4.75. The highest BCUT2D eigenvalue weighted by atomic mass is 32.2. The van der Waals surface area contributed by atoms with Crippen molar-refractivity contribution in [2.45, 2.75) is 18.7 Å². The molecule has 4 nitrogen and oxygen atoms in total. The Morgan fingerprint density at radius 2 is 1.75 bits per heavy atom. The number of fused-ring (bicyclic) bond motifs is 2. The van der Waals surface area contributed by atoms with E-state index in [-0.39, 0.29) is 5.91 Å². The highest BCUT2D eigenvalue weighted by Crippen LogP contribution is 2.39. The molecule has 5 heteroatoms. The van der Waals surface area contributed by atoms with Crippen molar-refractivity contribution in [1.29, 1.82) is 0 Å². The van der Waals surface area contributed by atoms with Crippen LogP contribution >= 0.6 is 11.8 Å². The van der Waals surface area contributed by atoms with E-state index in [0.717, 1.165) is 49.2 Å². The lowest BCUT2D eigenvalue weighted by Gasteiger charge is -2.12. The topological polar surface area (TPSA) is 51.5 Å². The fourth-order valence-electron chi connectivity index (χ4n) is 4.43. The molecule has 1 aromatic heterocycles. The van der Waals surface area contributed by atoms with Crippen molar-refractivity contribution >= 4 is 50.7 Å². The zero-order valence-corrected chi connectivity index (χ0v) is 21.3. The zero-order chi connectivity index (χ0) is 25.1. The number of carbonyl (C=O) groups excluding carboxylic acids is 1. The number of hydrogen-bond donors (Lipinski definition) is 1. The Morgan fingerprint density at radius 1 is 0.972 bits per heavy atom. The van der Waals surface area contributed by atoms with E-state index < -0.39 is 0 Å². The molecule has 5 aromatic rings. The van der Waals surface area contributed by atoms with Crippen LogP contribution in [0.4, 0.5) is 5.69 Å². The van der Waals surface area contributed by atoms with Gasteiger partial charge < -0.3 is 14.5 Å². The highest BCUT2D eigenvalue weighted by Gasteiger charge is 2.16. The number of nitrogens with one attached hydrogen (secondary N) is 1. The largest absolute Gasteiger partial charge is 0.493 e. The third-order valence-corrected chi connectivity index (χ3v) is 6.93. The van der Waals surface area contributed by atoms with Gasteiger partial charge in [-0.3, -0.25) is 4.79 Å². The van der Waals surface area contributed by atoms with Gasteiger partial charge in [-0.1, -0.05) is 42.5 Å². The molecule has 0 aliphatic rings. The van der Waals surface area contributed by atoms with Crippen molar-refractivity contribution in [3.63, 3.8) is 0 Å². The molecule has 1 N–H and O–H groups in total. The van der Waals surface area contributed by atoms with Crippen molar-refractivity contribution in [1.82, 2.24) is 0 Å². The summed E-state index contributed by atoms with van der Waals surface area (Å²) in [6, 6.07) is 26.4. The third-order valence-electron chi connectivity index (χ3n) is 6.19. The Hall–Kier alpha value is -3.96. The molecular weight excluding hydrogens is 466 g/mol. The molecule has 0 aliphatic carbocycles.